The Hall–Kier alpha value is -0.910. The molecule has 0 spiro atoms. The van der Waals surface area contributed by atoms with Crippen molar-refractivity contribution in [2.24, 2.45) is 5.92 Å². The number of nitrogens with one attached hydrogen (secondary N) is 2. The quantitative estimate of drug-likeness (QED) is 0.855. The van der Waals surface area contributed by atoms with Gasteiger partial charge in [-0.25, -0.2) is 0 Å². The zero-order valence-corrected chi connectivity index (χ0v) is 14.4. The summed E-state index contributed by atoms with van der Waals surface area (Å²) in [7, 11) is 2.02. The van der Waals surface area contributed by atoms with Crippen LogP contribution in [0.2, 0.25) is 0 Å². The first kappa shape index (κ1) is 16.5. The fraction of sp³-hybridized carbons (Fsp3) is 0.562. The van der Waals surface area contributed by atoms with Crippen LogP contribution in [0.15, 0.2) is 22.7 Å². The molecular formula is C16H24BrN3O. The van der Waals surface area contributed by atoms with Gasteiger partial charge >= 0.3 is 0 Å². The lowest BCUT2D eigenvalue weighted by atomic mass is 9.98. The minimum absolute atomic E-state index is 0.0380. The Kier molecular flexibility index (Phi) is 6.21. The second kappa shape index (κ2) is 7.92. The average Bonchev–Trinajstić information content (AvgIpc) is 2.43. The SMILES string of the molecule is Cc1ccc(NC(=O)CN(C)CC2CCNCC2)c(Br)c1. The zero-order chi connectivity index (χ0) is 15.2. The summed E-state index contributed by atoms with van der Waals surface area (Å²) in [5.41, 5.74) is 2.00. The van der Waals surface area contributed by atoms with Crippen LogP contribution in [0, 0.1) is 12.8 Å². The van der Waals surface area contributed by atoms with E-state index in [1.807, 2.05) is 32.2 Å². The maximum absolute atomic E-state index is 12.1. The first-order valence-corrected chi connectivity index (χ1v) is 8.29. The molecule has 0 aliphatic carbocycles. The molecule has 21 heavy (non-hydrogen) atoms. The van der Waals surface area contributed by atoms with Crippen molar-refractivity contribution in [3.05, 3.63) is 28.2 Å². The van der Waals surface area contributed by atoms with E-state index in [1.54, 1.807) is 0 Å². The van der Waals surface area contributed by atoms with Gasteiger partial charge in [-0.05, 0) is 79.4 Å². The summed E-state index contributed by atoms with van der Waals surface area (Å²) < 4.78 is 0.928. The van der Waals surface area contributed by atoms with Crippen molar-refractivity contribution in [2.75, 3.05) is 38.5 Å². The Morgan fingerprint density at radius 2 is 2.14 bits per heavy atom. The van der Waals surface area contributed by atoms with Crippen LogP contribution < -0.4 is 10.6 Å². The lowest BCUT2D eigenvalue weighted by Crippen LogP contribution is -2.37. The number of halogens is 1. The number of hydrogen-bond donors (Lipinski definition) is 2. The third kappa shape index (κ3) is 5.41. The number of benzene rings is 1. The van der Waals surface area contributed by atoms with E-state index in [0.29, 0.717) is 12.5 Å². The minimum Gasteiger partial charge on any atom is -0.324 e. The largest absolute Gasteiger partial charge is 0.324 e. The van der Waals surface area contributed by atoms with Gasteiger partial charge in [0.1, 0.15) is 0 Å². The van der Waals surface area contributed by atoms with Gasteiger partial charge in [-0.1, -0.05) is 6.07 Å². The molecule has 0 unspecified atom stereocenters. The van der Waals surface area contributed by atoms with E-state index in [4.69, 9.17) is 0 Å². The fourth-order valence-electron chi connectivity index (χ4n) is 2.73. The van der Waals surface area contributed by atoms with E-state index < -0.39 is 0 Å². The number of amides is 1. The first-order chi connectivity index (χ1) is 10.0. The van der Waals surface area contributed by atoms with Gasteiger partial charge in [-0.2, -0.15) is 0 Å². The summed E-state index contributed by atoms with van der Waals surface area (Å²) >= 11 is 3.49. The molecule has 1 aromatic rings. The van der Waals surface area contributed by atoms with Crippen LogP contribution in [0.1, 0.15) is 18.4 Å². The third-order valence-corrected chi connectivity index (χ3v) is 4.50. The Balaban J connectivity index is 1.80. The molecule has 1 aliphatic rings. The van der Waals surface area contributed by atoms with Crippen molar-refractivity contribution in [1.29, 1.82) is 0 Å². The molecule has 0 aromatic heterocycles. The molecule has 4 nitrogen and oxygen atoms in total. The number of likely N-dealkylation sites (N-methyl/N-ethyl adjacent to an activating group) is 1. The number of nitrogens with zero attached hydrogens (tertiary/aromatic N) is 1. The van der Waals surface area contributed by atoms with E-state index in [-0.39, 0.29) is 5.91 Å². The number of piperidine rings is 1. The predicted molar refractivity (Wildman–Crippen MR) is 90.6 cm³/mol. The Morgan fingerprint density at radius 1 is 1.43 bits per heavy atom. The zero-order valence-electron chi connectivity index (χ0n) is 12.8. The monoisotopic (exact) mass is 353 g/mol. The van der Waals surface area contributed by atoms with Crippen LogP contribution in [-0.2, 0) is 4.79 Å². The molecule has 116 valence electrons. The van der Waals surface area contributed by atoms with Crippen molar-refractivity contribution in [2.45, 2.75) is 19.8 Å². The van der Waals surface area contributed by atoms with Gasteiger partial charge in [-0.3, -0.25) is 9.69 Å². The van der Waals surface area contributed by atoms with E-state index in [1.165, 1.54) is 18.4 Å². The highest BCUT2D eigenvalue weighted by Crippen LogP contribution is 2.23. The number of carbonyl (C=O) groups is 1. The molecule has 5 heteroatoms. The lowest BCUT2D eigenvalue weighted by molar-refractivity contribution is -0.117. The number of aryl methyl sites for hydroxylation is 1. The van der Waals surface area contributed by atoms with Crippen molar-refractivity contribution < 1.29 is 4.79 Å². The summed E-state index contributed by atoms with van der Waals surface area (Å²) in [5.74, 6) is 0.742. The Morgan fingerprint density at radius 3 is 2.81 bits per heavy atom. The summed E-state index contributed by atoms with van der Waals surface area (Å²) in [5, 5.41) is 6.33. The molecule has 1 saturated heterocycles. The number of hydrogen-bond acceptors (Lipinski definition) is 3. The van der Waals surface area contributed by atoms with Crippen LogP contribution in [0.5, 0.6) is 0 Å². The van der Waals surface area contributed by atoms with Crippen molar-refractivity contribution >= 4 is 27.5 Å². The molecule has 0 radical (unpaired) electrons. The standard InChI is InChI=1S/C16H24BrN3O/c1-12-3-4-15(14(17)9-12)19-16(21)11-20(2)10-13-5-7-18-8-6-13/h3-4,9,13,18H,5-8,10-11H2,1-2H3,(H,19,21). The van der Waals surface area contributed by atoms with Gasteiger partial charge in [0.2, 0.25) is 5.91 Å². The van der Waals surface area contributed by atoms with Gasteiger partial charge in [-0.15, -0.1) is 0 Å². The minimum atomic E-state index is 0.0380. The molecule has 2 N–H and O–H groups in total. The molecule has 1 aliphatic heterocycles. The van der Waals surface area contributed by atoms with Gasteiger partial charge in [0.15, 0.2) is 0 Å². The number of carbonyl (C=O) groups excluding carboxylic acids is 1. The molecule has 0 atom stereocenters. The maximum Gasteiger partial charge on any atom is 0.238 e. The second-order valence-electron chi connectivity index (χ2n) is 5.92. The smallest absolute Gasteiger partial charge is 0.238 e. The summed E-state index contributed by atoms with van der Waals surface area (Å²) in [6.45, 7) is 5.65. The first-order valence-electron chi connectivity index (χ1n) is 7.50. The Bertz CT molecular complexity index is 486. The van der Waals surface area contributed by atoms with E-state index in [9.17, 15) is 4.79 Å². The molecular weight excluding hydrogens is 330 g/mol. The molecule has 1 amide bonds. The normalized spacial score (nSPS) is 16.2. The Labute approximate surface area is 135 Å². The number of anilines is 1. The van der Waals surface area contributed by atoms with Crippen molar-refractivity contribution in [3.8, 4) is 0 Å². The summed E-state index contributed by atoms with van der Waals surface area (Å²) in [4.78, 5) is 14.2. The van der Waals surface area contributed by atoms with Crippen LogP contribution in [0.25, 0.3) is 0 Å². The van der Waals surface area contributed by atoms with Crippen LogP contribution in [0.4, 0.5) is 5.69 Å². The van der Waals surface area contributed by atoms with Gasteiger partial charge in [0, 0.05) is 11.0 Å². The van der Waals surface area contributed by atoms with E-state index in [2.05, 4.69) is 31.5 Å². The molecule has 1 fully saturated rings. The van der Waals surface area contributed by atoms with Crippen molar-refractivity contribution in [1.82, 2.24) is 10.2 Å². The molecule has 1 aromatic carbocycles. The lowest BCUT2D eigenvalue weighted by Gasteiger charge is -2.27. The highest BCUT2D eigenvalue weighted by Gasteiger charge is 2.16. The topological polar surface area (TPSA) is 44.4 Å². The fourth-order valence-corrected chi connectivity index (χ4v) is 3.32. The summed E-state index contributed by atoms with van der Waals surface area (Å²) in [6.07, 6.45) is 2.41. The second-order valence-corrected chi connectivity index (χ2v) is 6.78. The van der Waals surface area contributed by atoms with Crippen molar-refractivity contribution in [3.63, 3.8) is 0 Å². The third-order valence-electron chi connectivity index (χ3n) is 3.84. The highest BCUT2D eigenvalue weighted by molar-refractivity contribution is 9.10. The van der Waals surface area contributed by atoms with Crippen LogP contribution >= 0.6 is 15.9 Å². The van der Waals surface area contributed by atoms with Crippen LogP contribution in [-0.4, -0.2) is 44.0 Å². The number of rotatable bonds is 5. The van der Waals surface area contributed by atoms with Gasteiger partial charge in [0.25, 0.3) is 0 Å². The van der Waals surface area contributed by atoms with Crippen LogP contribution in [0.3, 0.4) is 0 Å². The van der Waals surface area contributed by atoms with Gasteiger partial charge < -0.3 is 10.6 Å². The molecule has 0 bridgehead atoms. The van der Waals surface area contributed by atoms with E-state index in [0.717, 1.165) is 29.8 Å². The molecule has 2 rings (SSSR count). The van der Waals surface area contributed by atoms with E-state index >= 15 is 0 Å². The maximum atomic E-state index is 12.1. The van der Waals surface area contributed by atoms with Gasteiger partial charge in [0.05, 0.1) is 12.2 Å². The predicted octanol–water partition coefficient (Wildman–Crippen LogP) is 2.63. The average molecular weight is 354 g/mol. The molecule has 0 saturated carbocycles. The summed E-state index contributed by atoms with van der Waals surface area (Å²) in [6, 6.07) is 5.94. The molecule has 1 heterocycles. The highest BCUT2D eigenvalue weighted by atomic mass is 79.9.